The van der Waals surface area contributed by atoms with Crippen molar-refractivity contribution >= 4 is 0 Å². The lowest BCUT2D eigenvalue weighted by Crippen LogP contribution is -2.20. The minimum Gasteiger partial charge on any atom is -0.465 e. The number of hydrogen-bond acceptors (Lipinski definition) is 3. The Morgan fingerprint density at radius 1 is 0.857 bits per heavy atom. The molecule has 0 N–H and O–H groups in total. The number of ether oxygens (including phenoxy) is 3. The Morgan fingerprint density at radius 2 is 1.57 bits per heavy atom. The summed E-state index contributed by atoms with van der Waals surface area (Å²) in [6.45, 7) is 6.46. The molecule has 0 amide bonds. The maximum Gasteiger partial charge on any atom is 0.199 e. The van der Waals surface area contributed by atoms with E-state index in [4.69, 9.17) is 14.2 Å². The molecule has 21 heavy (non-hydrogen) atoms. The fourth-order valence-electron chi connectivity index (χ4n) is 2.20. The molecule has 0 radical (unpaired) electrons. The minimum absolute atomic E-state index is 0.124. The molecular formula is C18H30O3. The van der Waals surface area contributed by atoms with Gasteiger partial charge in [-0.1, -0.05) is 37.5 Å². The number of unbranched alkanes of at least 4 members (excludes halogenated alkanes) is 4. The average molecular weight is 294 g/mol. The zero-order valence-corrected chi connectivity index (χ0v) is 13.6. The van der Waals surface area contributed by atoms with Crippen LogP contribution in [0.1, 0.15) is 52.4 Å². The van der Waals surface area contributed by atoms with E-state index in [0.29, 0.717) is 6.61 Å². The number of rotatable bonds is 13. The molecule has 0 saturated carbocycles. The SMILES string of the molecule is CCOCCCCCCCC(OCC)Oc1ccccc1. The first-order valence-corrected chi connectivity index (χ1v) is 8.27. The number of benzene rings is 1. The highest BCUT2D eigenvalue weighted by Crippen LogP contribution is 2.16. The third-order valence-electron chi connectivity index (χ3n) is 3.30. The third kappa shape index (κ3) is 9.48. The molecule has 1 aromatic carbocycles. The summed E-state index contributed by atoms with van der Waals surface area (Å²) in [4.78, 5) is 0. The molecule has 0 bridgehead atoms. The number of para-hydroxylation sites is 1. The Hall–Kier alpha value is -1.06. The molecule has 120 valence electrons. The van der Waals surface area contributed by atoms with Gasteiger partial charge in [0.2, 0.25) is 0 Å². The van der Waals surface area contributed by atoms with Gasteiger partial charge in [-0.05, 0) is 38.8 Å². The summed E-state index contributed by atoms with van der Waals surface area (Å²) in [6.07, 6.45) is 6.88. The van der Waals surface area contributed by atoms with Gasteiger partial charge in [-0.2, -0.15) is 0 Å². The van der Waals surface area contributed by atoms with Gasteiger partial charge in [0.1, 0.15) is 5.75 Å². The zero-order valence-electron chi connectivity index (χ0n) is 13.6. The highest BCUT2D eigenvalue weighted by Gasteiger charge is 2.09. The molecule has 3 heteroatoms. The highest BCUT2D eigenvalue weighted by atomic mass is 16.7. The second kappa shape index (κ2) is 12.7. The van der Waals surface area contributed by atoms with E-state index in [1.54, 1.807) is 0 Å². The normalized spacial score (nSPS) is 12.3. The maximum absolute atomic E-state index is 5.87. The summed E-state index contributed by atoms with van der Waals surface area (Å²) in [6, 6.07) is 9.90. The Labute approximate surface area is 129 Å². The summed E-state index contributed by atoms with van der Waals surface area (Å²) in [5, 5.41) is 0. The average Bonchev–Trinajstić information content (AvgIpc) is 2.51. The van der Waals surface area contributed by atoms with Gasteiger partial charge in [0, 0.05) is 26.2 Å². The van der Waals surface area contributed by atoms with Gasteiger partial charge in [0.05, 0.1) is 0 Å². The van der Waals surface area contributed by atoms with Crippen molar-refractivity contribution in [2.75, 3.05) is 19.8 Å². The van der Waals surface area contributed by atoms with Crippen LogP contribution in [0.25, 0.3) is 0 Å². The zero-order chi connectivity index (χ0) is 15.2. The van der Waals surface area contributed by atoms with E-state index in [1.165, 1.54) is 25.7 Å². The van der Waals surface area contributed by atoms with Crippen LogP contribution in [0, 0.1) is 0 Å². The van der Waals surface area contributed by atoms with Gasteiger partial charge in [-0.3, -0.25) is 0 Å². The summed E-state index contributed by atoms with van der Waals surface area (Å²) in [7, 11) is 0. The van der Waals surface area contributed by atoms with Crippen molar-refractivity contribution in [2.24, 2.45) is 0 Å². The van der Waals surface area contributed by atoms with E-state index in [9.17, 15) is 0 Å². The first-order valence-electron chi connectivity index (χ1n) is 8.27. The molecule has 0 spiro atoms. The Kier molecular flexibility index (Phi) is 10.8. The maximum atomic E-state index is 5.87. The van der Waals surface area contributed by atoms with Crippen LogP contribution in [-0.4, -0.2) is 26.1 Å². The summed E-state index contributed by atoms with van der Waals surface area (Å²) < 4.78 is 16.9. The predicted octanol–water partition coefficient (Wildman–Crippen LogP) is 4.81. The van der Waals surface area contributed by atoms with Crippen molar-refractivity contribution < 1.29 is 14.2 Å². The van der Waals surface area contributed by atoms with Gasteiger partial charge < -0.3 is 14.2 Å². The monoisotopic (exact) mass is 294 g/mol. The smallest absolute Gasteiger partial charge is 0.199 e. The fourth-order valence-corrected chi connectivity index (χ4v) is 2.20. The standard InChI is InChI=1S/C18H30O3/c1-3-19-16-12-7-5-6-11-15-18(20-4-2)21-17-13-9-8-10-14-17/h8-10,13-14,18H,3-7,11-12,15-16H2,1-2H3. The van der Waals surface area contributed by atoms with Crippen LogP contribution in [0.2, 0.25) is 0 Å². The topological polar surface area (TPSA) is 27.7 Å². The van der Waals surface area contributed by atoms with Gasteiger partial charge in [0.15, 0.2) is 6.29 Å². The first-order chi connectivity index (χ1) is 10.4. The Bertz CT molecular complexity index is 326. The molecule has 0 aliphatic heterocycles. The summed E-state index contributed by atoms with van der Waals surface area (Å²) >= 11 is 0. The van der Waals surface area contributed by atoms with E-state index in [0.717, 1.165) is 31.8 Å². The molecule has 1 unspecified atom stereocenters. The third-order valence-corrected chi connectivity index (χ3v) is 3.30. The largest absolute Gasteiger partial charge is 0.465 e. The molecule has 0 fully saturated rings. The van der Waals surface area contributed by atoms with E-state index >= 15 is 0 Å². The second-order valence-corrected chi connectivity index (χ2v) is 5.07. The molecule has 0 aliphatic rings. The lowest BCUT2D eigenvalue weighted by molar-refractivity contribution is -0.0808. The Balaban J connectivity index is 2.11. The molecule has 1 aromatic rings. The first kappa shape index (κ1) is 18.0. The van der Waals surface area contributed by atoms with Crippen LogP contribution in [0.3, 0.4) is 0 Å². The van der Waals surface area contributed by atoms with Crippen molar-refractivity contribution in [3.8, 4) is 5.75 Å². The van der Waals surface area contributed by atoms with Gasteiger partial charge >= 0.3 is 0 Å². The summed E-state index contributed by atoms with van der Waals surface area (Å²) in [5.74, 6) is 0.882. The predicted molar refractivity (Wildman–Crippen MR) is 86.7 cm³/mol. The lowest BCUT2D eigenvalue weighted by Gasteiger charge is -2.18. The van der Waals surface area contributed by atoms with Crippen LogP contribution < -0.4 is 4.74 Å². The van der Waals surface area contributed by atoms with Crippen molar-refractivity contribution in [1.29, 1.82) is 0 Å². The molecular weight excluding hydrogens is 264 g/mol. The molecule has 1 rings (SSSR count). The molecule has 3 nitrogen and oxygen atoms in total. The van der Waals surface area contributed by atoms with Crippen molar-refractivity contribution in [3.05, 3.63) is 30.3 Å². The second-order valence-electron chi connectivity index (χ2n) is 5.07. The number of hydrogen-bond donors (Lipinski definition) is 0. The van der Waals surface area contributed by atoms with Crippen LogP contribution in [0.15, 0.2) is 30.3 Å². The minimum atomic E-state index is -0.124. The van der Waals surface area contributed by atoms with Crippen LogP contribution in [-0.2, 0) is 9.47 Å². The molecule has 0 aliphatic carbocycles. The van der Waals surface area contributed by atoms with Gasteiger partial charge in [0.25, 0.3) is 0 Å². The quantitative estimate of drug-likeness (QED) is 0.386. The summed E-state index contributed by atoms with van der Waals surface area (Å²) in [5.41, 5.74) is 0. The van der Waals surface area contributed by atoms with E-state index in [2.05, 4.69) is 0 Å². The molecule has 0 heterocycles. The van der Waals surface area contributed by atoms with Crippen LogP contribution in [0.4, 0.5) is 0 Å². The molecule has 0 saturated heterocycles. The van der Waals surface area contributed by atoms with Gasteiger partial charge in [-0.15, -0.1) is 0 Å². The van der Waals surface area contributed by atoms with E-state index < -0.39 is 0 Å². The van der Waals surface area contributed by atoms with E-state index in [-0.39, 0.29) is 6.29 Å². The van der Waals surface area contributed by atoms with Crippen molar-refractivity contribution in [2.45, 2.75) is 58.7 Å². The van der Waals surface area contributed by atoms with Crippen molar-refractivity contribution in [1.82, 2.24) is 0 Å². The lowest BCUT2D eigenvalue weighted by atomic mass is 10.1. The van der Waals surface area contributed by atoms with Crippen molar-refractivity contribution in [3.63, 3.8) is 0 Å². The van der Waals surface area contributed by atoms with Crippen LogP contribution in [0.5, 0.6) is 5.75 Å². The molecule has 1 atom stereocenters. The molecule has 0 aromatic heterocycles. The Morgan fingerprint density at radius 3 is 2.29 bits per heavy atom. The highest BCUT2D eigenvalue weighted by molar-refractivity contribution is 5.20. The fraction of sp³-hybridized carbons (Fsp3) is 0.667. The van der Waals surface area contributed by atoms with Crippen LogP contribution >= 0.6 is 0 Å². The van der Waals surface area contributed by atoms with E-state index in [1.807, 2.05) is 44.2 Å². The van der Waals surface area contributed by atoms with Gasteiger partial charge in [-0.25, -0.2) is 0 Å².